The number of H-pyrrole nitrogens is 1. The molecule has 1 saturated carbocycles. The average Bonchev–Trinajstić information content (AvgIpc) is 2.85. The highest BCUT2D eigenvalue weighted by atomic mass is 16.1. The number of nitrogens with zero attached hydrogens (tertiary/aromatic N) is 1. The minimum Gasteiger partial charge on any atom is -0.349 e. The lowest BCUT2D eigenvalue weighted by Gasteiger charge is -2.19. The zero-order valence-electron chi connectivity index (χ0n) is 10.4. The van der Waals surface area contributed by atoms with Crippen molar-refractivity contribution in [3.8, 4) is 0 Å². The molecule has 1 aliphatic rings. The number of hydrogen-bond acceptors (Lipinski definition) is 3. The first-order chi connectivity index (χ1) is 8.13. The maximum Gasteiger partial charge on any atom is 0.255 e. The van der Waals surface area contributed by atoms with E-state index in [1.165, 1.54) is 0 Å². The number of nitrogens with one attached hydrogen (secondary N) is 2. The molecule has 1 heterocycles. The van der Waals surface area contributed by atoms with Gasteiger partial charge in [0.2, 0.25) is 0 Å². The molecule has 0 radical (unpaired) electrons. The summed E-state index contributed by atoms with van der Waals surface area (Å²) in [6.45, 7) is 4.35. The summed E-state index contributed by atoms with van der Waals surface area (Å²) in [7, 11) is 0. The van der Waals surface area contributed by atoms with Crippen LogP contribution in [0.15, 0.2) is 0 Å². The average molecular weight is 236 g/mol. The molecule has 0 aromatic carbocycles. The minimum absolute atomic E-state index is 0.0286. The summed E-state index contributed by atoms with van der Waals surface area (Å²) in [4.78, 5) is 12.2. The first-order valence-corrected chi connectivity index (χ1v) is 6.16. The third-order valence-electron chi connectivity index (χ3n) is 3.63. The fourth-order valence-electron chi connectivity index (χ4n) is 2.63. The quantitative estimate of drug-likeness (QED) is 0.728. The molecule has 1 aromatic rings. The molecular formula is C12H20N4O. The van der Waals surface area contributed by atoms with Crippen LogP contribution in [0.2, 0.25) is 0 Å². The van der Waals surface area contributed by atoms with Crippen LogP contribution in [0.4, 0.5) is 0 Å². The first kappa shape index (κ1) is 12.1. The maximum atomic E-state index is 12.2. The molecule has 5 nitrogen and oxygen atoms in total. The van der Waals surface area contributed by atoms with Gasteiger partial charge in [-0.2, -0.15) is 5.10 Å². The van der Waals surface area contributed by atoms with Gasteiger partial charge in [0.1, 0.15) is 0 Å². The first-order valence-electron chi connectivity index (χ1n) is 6.16. The summed E-state index contributed by atoms with van der Waals surface area (Å²) in [5, 5.41) is 9.96. The Kier molecular flexibility index (Phi) is 3.47. The lowest BCUT2D eigenvalue weighted by molar-refractivity contribution is 0.0927. The highest BCUT2D eigenvalue weighted by Crippen LogP contribution is 2.25. The Morgan fingerprint density at radius 2 is 2.29 bits per heavy atom. The largest absolute Gasteiger partial charge is 0.349 e. The molecule has 1 amide bonds. The van der Waals surface area contributed by atoms with E-state index in [4.69, 9.17) is 5.73 Å². The topological polar surface area (TPSA) is 83.8 Å². The standard InChI is InChI=1S/C12H20N4O/c1-7-11(8(2)16-15-7)12(17)14-10-5-3-4-9(10)6-13/h9-10H,3-6,13H2,1-2H3,(H,14,17)(H,15,16). The summed E-state index contributed by atoms with van der Waals surface area (Å²) in [5.74, 6) is 0.394. The number of carbonyl (C=O) groups is 1. The molecule has 2 atom stereocenters. The second kappa shape index (κ2) is 4.87. The van der Waals surface area contributed by atoms with Crippen molar-refractivity contribution in [2.24, 2.45) is 11.7 Å². The van der Waals surface area contributed by atoms with Crippen molar-refractivity contribution in [1.29, 1.82) is 0 Å². The van der Waals surface area contributed by atoms with Crippen LogP contribution >= 0.6 is 0 Å². The molecule has 1 fully saturated rings. The third-order valence-corrected chi connectivity index (χ3v) is 3.63. The summed E-state index contributed by atoms with van der Waals surface area (Å²) < 4.78 is 0. The van der Waals surface area contributed by atoms with Crippen LogP contribution in [0.3, 0.4) is 0 Å². The molecule has 94 valence electrons. The van der Waals surface area contributed by atoms with Crippen LogP contribution in [0.1, 0.15) is 41.0 Å². The lowest BCUT2D eigenvalue weighted by Crippen LogP contribution is -2.40. The van der Waals surface area contributed by atoms with Gasteiger partial charge in [-0.1, -0.05) is 6.42 Å². The van der Waals surface area contributed by atoms with Crippen molar-refractivity contribution in [2.75, 3.05) is 6.54 Å². The van der Waals surface area contributed by atoms with E-state index in [1.807, 2.05) is 13.8 Å². The van der Waals surface area contributed by atoms with Gasteiger partial charge in [0.15, 0.2) is 0 Å². The maximum absolute atomic E-state index is 12.2. The van der Waals surface area contributed by atoms with E-state index in [9.17, 15) is 4.79 Å². The number of carbonyl (C=O) groups excluding carboxylic acids is 1. The van der Waals surface area contributed by atoms with E-state index in [0.29, 0.717) is 18.0 Å². The summed E-state index contributed by atoms with van der Waals surface area (Å²) >= 11 is 0. The number of hydrogen-bond donors (Lipinski definition) is 3. The second-order valence-corrected chi connectivity index (χ2v) is 4.82. The number of aromatic nitrogens is 2. The van der Waals surface area contributed by atoms with E-state index in [1.54, 1.807) is 0 Å². The van der Waals surface area contributed by atoms with Crippen LogP contribution in [0.25, 0.3) is 0 Å². The summed E-state index contributed by atoms with van der Waals surface area (Å²) in [5.41, 5.74) is 7.96. The molecule has 4 N–H and O–H groups in total. The normalized spacial score (nSPS) is 23.9. The third kappa shape index (κ3) is 2.34. The molecule has 0 saturated heterocycles. The van der Waals surface area contributed by atoms with Gasteiger partial charge in [-0.05, 0) is 39.2 Å². The Labute approximate surface area is 101 Å². The highest BCUT2D eigenvalue weighted by Gasteiger charge is 2.28. The zero-order valence-corrected chi connectivity index (χ0v) is 10.4. The monoisotopic (exact) mass is 236 g/mol. The van der Waals surface area contributed by atoms with Gasteiger partial charge in [-0.3, -0.25) is 9.89 Å². The zero-order chi connectivity index (χ0) is 12.4. The van der Waals surface area contributed by atoms with E-state index in [-0.39, 0.29) is 11.9 Å². The molecule has 0 bridgehead atoms. The van der Waals surface area contributed by atoms with Gasteiger partial charge >= 0.3 is 0 Å². The Balaban J connectivity index is 2.07. The Morgan fingerprint density at radius 1 is 1.53 bits per heavy atom. The fraction of sp³-hybridized carbons (Fsp3) is 0.667. The van der Waals surface area contributed by atoms with Crippen LogP contribution in [0.5, 0.6) is 0 Å². The molecule has 1 aliphatic carbocycles. The smallest absolute Gasteiger partial charge is 0.255 e. The lowest BCUT2D eigenvalue weighted by atomic mass is 10.0. The van der Waals surface area contributed by atoms with Crippen molar-refractivity contribution in [3.05, 3.63) is 17.0 Å². The second-order valence-electron chi connectivity index (χ2n) is 4.82. The molecule has 5 heteroatoms. The predicted molar refractivity (Wildman–Crippen MR) is 65.7 cm³/mol. The van der Waals surface area contributed by atoms with Crippen molar-refractivity contribution in [2.45, 2.75) is 39.2 Å². The molecule has 17 heavy (non-hydrogen) atoms. The van der Waals surface area contributed by atoms with Crippen molar-refractivity contribution >= 4 is 5.91 Å². The molecule has 0 aliphatic heterocycles. The number of nitrogens with two attached hydrogens (primary N) is 1. The van der Waals surface area contributed by atoms with Crippen molar-refractivity contribution in [3.63, 3.8) is 0 Å². The Hall–Kier alpha value is -1.36. The highest BCUT2D eigenvalue weighted by molar-refractivity contribution is 5.96. The predicted octanol–water partition coefficient (Wildman–Crippen LogP) is 0.884. The Morgan fingerprint density at radius 3 is 2.88 bits per heavy atom. The van der Waals surface area contributed by atoms with Crippen LogP contribution < -0.4 is 11.1 Å². The van der Waals surface area contributed by atoms with E-state index in [2.05, 4.69) is 15.5 Å². The number of aromatic amines is 1. The summed E-state index contributed by atoms with van der Waals surface area (Å²) in [6, 6.07) is 0.223. The van der Waals surface area contributed by atoms with Gasteiger partial charge in [0, 0.05) is 11.7 Å². The molecule has 0 spiro atoms. The SMILES string of the molecule is Cc1n[nH]c(C)c1C(=O)NC1CCCC1CN. The molecule has 1 aromatic heterocycles. The van der Waals surface area contributed by atoms with Crippen molar-refractivity contribution < 1.29 is 4.79 Å². The van der Waals surface area contributed by atoms with Crippen LogP contribution in [0, 0.1) is 19.8 Å². The molecular weight excluding hydrogens is 216 g/mol. The Bertz CT molecular complexity index is 393. The minimum atomic E-state index is -0.0286. The van der Waals surface area contributed by atoms with Gasteiger partial charge in [0.05, 0.1) is 11.3 Å². The molecule has 2 rings (SSSR count). The van der Waals surface area contributed by atoms with Crippen molar-refractivity contribution in [1.82, 2.24) is 15.5 Å². The summed E-state index contributed by atoms with van der Waals surface area (Å²) in [6.07, 6.45) is 3.30. The fourth-order valence-corrected chi connectivity index (χ4v) is 2.63. The van der Waals surface area contributed by atoms with Gasteiger partial charge in [-0.25, -0.2) is 0 Å². The number of amides is 1. The van der Waals surface area contributed by atoms with E-state index >= 15 is 0 Å². The van der Waals surface area contributed by atoms with E-state index in [0.717, 1.165) is 30.7 Å². The number of rotatable bonds is 3. The van der Waals surface area contributed by atoms with E-state index < -0.39 is 0 Å². The number of aryl methyl sites for hydroxylation is 2. The van der Waals surface area contributed by atoms with Gasteiger partial charge < -0.3 is 11.1 Å². The van der Waals surface area contributed by atoms with Crippen LogP contribution in [-0.2, 0) is 0 Å². The van der Waals surface area contributed by atoms with Gasteiger partial charge in [0.25, 0.3) is 5.91 Å². The molecule has 2 unspecified atom stereocenters. The van der Waals surface area contributed by atoms with Gasteiger partial charge in [-0.15, -0.1) is 0 Å². The van der Waals surface area contributed by atoms with Crippen LogP contribution in [-0.4, -0.2) is 28.7 Å².